The monoisotopic (exact) mass is 336 g/mol. The number of aliphatic imine (C=N–C) groups is 1. The van der Waals surface area contributed by atoms with Crippen molar-refractivity contribution in [3.63, 3.8) is 0 Å². The lowest BCUT2D eigenvalue weighted by Crippen LogP contribution is -2.33. The van der Waals surface area contributed by atoms with E-state index in [0.29, 0.717) is 18.0 Å². The average molecular weight is 336 g/mol. The molecule has 1 aromatic carbocycles. The number of amides is 1. The number of hydrogen-bond acceptors (Lipinski definition) is 4. The van der Waals surface area contributed by atoms with Crippen molar-refractivity contribution in [2.45, 2.75) is 0 Å². The summed E-state index contributed by atoms with van der Waals surface area (Å²) >= 11 is 0. The second-order valence-electron chi connectivity index (χ2n) is 7.26. The Morgan fingerprint density at radius 2 is 2.12 bits per heavy atom. The van der Waals surface area contributed by atoms with Crippen molar-refractivity contribution >= 4 is 22.9 Å². The fraction of sp³-hybridized carbons (Fsp3) is 0.400. The Bertz CT molecular complexity index is 819. The van der Waals surface area contributed by atoms with E-state index in [4.69, 9.17) is 4.99 Å². The molecule has 5 heteroatoms. The van der Waals surface area contributed by atoms with E-state index in [9.17, 15) is 4.79 Å². The van der Waals surface area contributed by atoms with E-state index in [2.05, 4.69) is 28.4 Å². The Balaban J connectivity index is 1.62. The number of fused-ring (bicyclic) bond motifs is 4. The first-order valence-electron chi connectivity index (χ1n) is 8.80. The van der Waals surface area contributed by atoms with Crippen molar-refractivity contribution in [2.24, 2.45) is 10.9 Å². The summed E-state index contributed by atoms with van der Waals surface area (Å²) in [4.78, 5) is 21.3. The van der Waals surface area contributed by atoms with Gasteiger partial charge in [-0.15, -0.1) is 0 Å². The smallest absolute Gasteiger partial charge is 0.253 e. The molecule has 1 aromatic rings. The highest BCUT2D eigenvalue weighted by molar-refractivity contribution is 6.35. The third-order valence-corrected chi connectivity index (χ3v) is 5.18. The zero-order valence-electron chi connectivity index (χ0n) is 15.0. The molecule has 3 aliphatic rings. The lowest BCUT2D eigenvalue weighted by Gasteiger charge is -2.20. The lowest BCUT2D eigenvalue weighted by atomic mass is 9.86. The highest BCUT2D eigenvalue weighted by Gasteiger charge is 2.32. The molecular formula is C20H24N4O. The predicted molar refractivity (Wildman–Crippen MR) is 101 cm³/mol. The van der Waals surface area contributed by atoms with Crippen molar-refractivity contribution in [1.82, 2.24) is 15.1 Å². The quantitative estimate of drug-likeness (QED) is 0.914. The number of allylic oxidation sites excluding steroid dienone is 2. The van der Waals surface area contributed by atoms with Crippen molar-refractivity contribution in [3.8, 4) is 0 Å². The first-order chi connectivity index (χ1) is 12.0. The van der Waals surface area contributed by atoms with Crippen LogP contribution in [0.5, 0.6) is 0 Å². The Morgan fingerprint density at radius 1 is 1.28 bits per heavy atom. The van der Waals surface area contributed by atoms with Gasteiger partial charge in [0.2, 0.25) is 0 Å². The fourth-order valence-corrected chi connectivity index (χ4v) is 3.70. The molecule has 0 aromatic heterocycles. The summed E-state index contributed by atoms with van der Waals surface area (Å²) in [5, 5.41) is 3.45. The third-order valence-electron chi connectivity index (χ3n) is 5.18. The summed E-state index contributed by atoms with van der Waals surface area (Å²) < 4.78 is 0. The number of rotatable bonds is 4. The highest BCUT2D eigenvalue weighted by Crippen LogP contribution is 2.42. The normalized spacial score (nSPS) is 20.5. The SMILES string of the molecule is CN(C)CCN(C)C(=O)c1ccc2c(c1)N=C1C=CC3CNCC3=C12. The Labute approximate surface area is 148 Å². The zero-order chi connectivity index (χ0) is 17.6. The van der Waals surface area contributed by atoms with Gasteiger partial charge >= 0.3 is 0 Å². The van der Waals surface area contributed by atoms with E-state index in [1.165, 1.54) is 11.1 Å². The van der Waals surface area contributed by atoms with Crippen molar-refractivity contribution in [1.29, 1.82) is 0 Å². The molecule has 2 heterocycles. The first-order valence-corrected chi connectivity index (χ1v) is 8.80. The molecule has 1 amide bonds. The maximum Gasteiger partial charge on any atom is 0.253 e. The number of nitrogens with zero attached hydrogens (tertiary/aromatic N) is 3. The van der Waals surface area contributed by atoms with Gasteiger partial charge in [-0.1, -0.05) is 12.1 Å². The van der Waals surface area contributed by atoms with E-state index >= 15 is 0 Å². The van der Waals surface area contributed by atoms with Crippen molar-refractivity contribution < 1.29 is 4.79 Å². The molecule has 4 rings (SSSR count). The molecule has 1 unspecified atom stereocenters. The number of carbonyl (C=O) groups is 1. The summed E-state index contributed by atoms with van der Waals surface area (Å²) in [6.07, 6.45) is 4.37. The Kier molecular flexibility index (Phi) is 4.06. The van der Waals surface area contributed by atoms with E-state index in [1.54, 1.807) is 4.90 Å². The predicted octanol–water partition coefficient (Wildman–Crippen LogP) is 1.95. The highest BCUT2D eigenvalue weighted by atomic mass is 16.2. The second kappa shape index (κ2) is 6.24. The summed E-state index contributed by atoms with van der Waals surface area (Å²) in [7, 11) is 5.88. The summed E-state index contributed by atoms with van der Waals surface area (Å²) in [5.41, 5.74) is 6.53. The molecule has 1 fully saturated rings. The average Bonchev–Trinajstić information content (AvgIpc) is 3.21. The van der Waals surface area contributed by atoms with Crippen LogP contribution in [0.3, 0.4) is 0 Å². The van der Waals surface area contributed by atoms with Crippen LogP contribution in [0, 0.1) is 5.92 Å². The van der Waals surface area contributed by atoms with Gasteiger partial charge in [-0.3, -0.25) is 4.79 Å². The van der Waals surface area contributed by atoms with E-state index in [1.807, 2.05) is 33.3 Å². The molecule has 1 atom stereocenters. The molecule has 130 valence electrons. The summed E-state index contributed by atoms with van der Waals surface area (Å²) in [6.45, 7) is 3.50. The van der Waals surface area contributed by atoms with Crippen LogP contribution in [0.25, 0.3) is 5.57 Å². The van der Waals surface area contributed by atoms with Gasteiger partial charge in [-0.25, -0.2) is 4.99 Å². The molecule has 0 radical (unpaired) electrons. The summed E-state index contributed by atoms with van der Waals surface area (Å²) in [5.74, 6) is 0.534. The van der Waals surface area contributed by atoms with Crippen molar-refractivity contribution in [2.75, 3.05) is 47.3 Å². The number of benzene rings is 1. The molecule has 1 saturated heterocycles. The molecule has 1 N–H and O–H groups in total. The topological polar surface area (TPSA) is 47.9 Å². The van der Waals surface area contributed by atoms with Gasteiger partial charge in [0.05, 0.1) is 11.4 Å². The van der Waals surface area contributed by atoms with Crippen LogP contribution in [-0.4, -0.2) is 68.7 Å². The molecular weight excluding hydrogens is 312 g/mol. The van der Waals surface area contributed by atoms with Gasteiger partial charge in [0.1, 0.15) is 0 Å². The molecule has 0 spiro atoms. The van der Waals surface area contributed by atoms with Crippen LogP contribution >= 0.6 is 0 Å². The zero-order valence-corrected chi connectivity index (χ0v) is 15.0. The fourth-order valence-electron chi connectivity index (χ4n) is 3.70. The van der Waals surface area contributed by atoms with Crippen LogP contribution < -0.4 is 5.32 Å². The lowest BCUT2D eigenvalue weighted by molar-refractivity contribution is 0.0786. The van der Waals surface area contributed by atoms with Crippen molar-refractivity contribution in [3.05, 3.63) is 47.1 Å². The van der Waals surface area contributed by atoms with Gasteiger partial charge in [-0.2, -0.15) is 0 Å². The number of hydrogen-bond donors (Lipinski definition) is 1. The molecule has 2 aliphatic heterocycles. The molecule has 1 aliphatic carbocycles. The van der Waals surface area contributed by atoms with Gasteiger partial charge in [0.15, 0.2) is 0 Å². The second-order valence-corrected chi connectivity index (χ2v) is 7.26. The van der Waals surface area contributed by atoms with Crippen LogP contribution in [0.15, 0.2) is 40.9 Å². The van der Waals surface area contributed by atoms with Crippen LogP contribution in [0.1, 0.15) is 15.9 Å². The van der Waals surface area contributed by atoms with Crippen LogP contribution in [-0.2, 0) is 0 Å². The minimum atomic E-state index is 0.0494. The van der Waals surface area contributed by atoms with Gasteiger partial charge in [-0.05, 0) is 37.9 Å². The van der Waals surface area contributed by atoms with Gasteiger partial charge in [0.25, 0.3) is 5.91 Å². The number of carbonyl (C=O) groups excluding carboxylic acids is 1. The molecule has 0 saturated carbocycles. The molecule has 25 heavy (non-hydrogen) atoms. The van der Waals surface area contributed by atoms with E-state index in [0.717, 1.165) is 36.6 Å². The number of nitrogens with one attached hydrogen (secondary N) is 1. The first kappa shape index (κ1) is 16.2. The Morgan fingerprint density at radius 3 is 2.92 bits per heavy atom. The van der Waals surface area contributed by atoms with Crippen LogP contribution in [0.4, 0.5) is 5.69 Å². The Hall–Kier alpha value is -2.24. The largest absolute Gasteiger partial charge is 0.340 e. The standard InChI is InChI=1S/C20H24N4O/c1-23(2)8-9-24(3)20(25)13-4-6-15-18(10-13)22-17-7-5-14-11-21-12-16(14)19(15)17/h4-7,10,14,21H,8-9,11-12H2,1-3H3. The minimum absolute atomic E-state index is 0.0494. The van der Waals surface area contributed by atoms with Gasteiger partial charge < -0.3 is 15.1 Å². The summed E-state index contributed by atoms with van der Waals surface area (Å²) in [6, 6.07) is 5.94. The minimum Gasteiger partial charge on any atom is -0.340 e. The molecule has 0 bridgehead atoms. The van der Waals surface area contributed by atoms with Crippen LogP contribution in [0.2, 0.25) is 0 Å². The molecule has 5 nitrogen and oxygen atoms in total. The maximum atomic E-state index is 12.7. The number of likely N-dealkylation sites (N-methyl/N-ethyl adjacent to an activating group) is 2. The third kappa shape index (κ3) is 2.83. The maximum absolute atomic E-state index is 12.7. The van der Waals surface area contributed by atoms with Gasteiger partial charge in [0, 0.05) is 55.8 Å². The van der Waals surface area contributed by atoms with E-state index < -0.39 is 0 Å². The van der Waals surface area contributed by atoms with E-state index in [-0.39, 0.29) is 5.91 Å².